The molecule has 10 heteroatoms. The van der Waals surface area contributed by atoms with E-state index in [9.17, 15) is 24.6 Å². The third-order valence-electron chi connectivity index (χ3n) is 8.46. The average Bonchev–Trinajstić information content (AvgIpc) is 3.65. The molecule has 0 spiro atoms. The smallest absolute Gasteiger partial charge is 0.264 e. The molecule has 3 amide bonds. The summed E-state index contributed by atoms with van der Waals surface area (Å²) < 4.78 is 0.728. The van der Waals surface area contributed by atoms with Gasteiger partial charge in [0.25, 0.3) is 5.91 Å². The van der Waals surface area contributed by atoms with Gasteiger partial charge in [0, 0.05) is 41.2 Å². The number of nitrogens with zero attached hydrogens (tertiary/aromatic N) is 2. The fourth-order valence-corrected chi connectivity index (χ4v) is 6.36. The maximum absolute atomic E-state index is 14.0. The number of amides is 3. The summed E-state index contributed by atoms with van der Waals surface area (Å²) in [6.45, 7) is 3.22. The van der Waals surface area contributed by atoms with Gasteiger partial charge < -0.3 is 30.6 Å². The van der Waals surface area contributed by atoms with Gasteiger partial charge in [-0.25, -0.2) is 0 Å². The number of nitrogens with one attached hydrogen (secondary N) is 2. The summed E-state index contributed by atoms with van der Waals surface area (Å²) >= 11 is 3.49. The van der Waals surface area contributed by atoms with Crippen molar-refractivity contribution in [2.75, 3.05) is 29.9 Å². The molecule has 0 saturated carbocycles. The van der Waals surface area contributed by atoms with Crippen LogP contribution in [0.4, 0.5) is 11.4 Å². The molecule has 3 aromatic carbocycles. The highest BCUT2D eigenvalue weighted by molar-refractivity contribution is 9.10. The second-order valence-electron chi connectivity index (χ2n) is 11.6. The number of rotatable bonds is 12. The average molecular weight is 676 g/mol. The Hall–Kier alpha value is -3.83. The molecule has 3 aromatic rings. The van der Waals surface area contributed by atoms with Crippen molar-refractivity contribution in [3.63, 3.8) is 0 Å². The molecule has 3 atom stereocenters. The molecular formula is C35H39BrN4O5. The van der Waals surface area contributed by atoms with E-state index in [4.69, 9.17) is 0 Å². The van der Waals surface area contributed by atoms with Crippen LogP contribution in [0.1, 0.15) is 42.9 Å². The van der Waals surface area contributed by atoms with Crippen molar-refractivity contribution in [1.82, 2.24) is 10.2 Å². The van der Waals surface area contributed by atoms with Crippen molar-refractivity contribution >= 4 is 45.0 Å². The largest absolute Gasteiger partial charge is 0.395 e. The number of hydrogen-bond donors (Lipinski definition) is 4. The molecule has 2 aliphatic rings. The Labute approximate surface area is 272 Å². The number of carbonyl (C=O) groups excluding carboxylic acids is 3. The van der Waals surface area contributed by atoms with Crippen LogP contribution in [0.5, 0.6) is 0 Å². The van der Waals surface area contributed by atoms with Crippen LogP contribution in [0.25, 0.3) is 0 Å². The van der Waals surface area contributed by atoms with E-state index in [1.54, 1.807) is 34.9 Å². The van der Waals surface area contributed by atoms with Gasteiger partial charge in [0.1, 0.15) is 0 Å². The van der Waals surface area contributed by atoms with Gasteiger partial charge in [-0.2, -0.15) is 0 Å². The summed E-state index contributed by atoms with van der Waals surface area (Å²) in [5.41, 5.74) is 1.63. The maximum atomic E-state index is 14.0. The lowest BCUT2D eigenvalue weighted by molar-refractivity contribution is -0.139. The Kier molecular flexibility index (Phi) is 10.5. The van der Waals surface area contributed by atoms with Crippen molar-refractivity contribution in [1.29, 1.82) is 0 Å². The minimum atomic E-state index is -1.85. The summed E-state index contributed by atoms with van der Waals surface area (Å²) in [6.07, 6.45) is 5.21. The predicted octanol–water partition coefficient (Wildman–Crippen LogP) is 4.48. The molecule has 9 nitrogen and oxygen atoms in total. The third-order valence-corrected chi connectivity index (χ3v) is 8.95. The zero-order chi connectivity index (χ0) is 32.0. The third kappa shape index (κ3) is 7.36. The summed E-state index contributed by atoms with van der Waals surface area (Å²) in [7, 11) is 0. The number of fused-ring (bicyclic) bond motifs is 1. The first-order chi connectivity index (χ1) is 21.7. The zero-order valence-corrected chi connectivity index (χ0v) is 26.9. The van der Waals surface area contributed by atoms with Crippen LogP contribution in [-0.2, 0) is 33.1 Å². The van der Waals surface area contributed by atoms with E-state index in [0.29, 0.717) is 23.5 Å². The summed E-state index contributed by atoms with van der Waals surface area (Å²) in [5.74, 6) is -1.36. The van der Waals surface area contributed by atoms with Crippen LogP contribution in [0.15, 0.2) is 89.4 Å². The Morgan fingerprint density at radius 3 is 2.64 bits per heavy atom. The summed E-state index contributed by atoms with van der Waals surface area (Å²) in [5, 5.41) is 27.7. The number of anilines is 2. The maximum Gasteiger partial charge on any atom is 0.264 e. The first kappa shape index (κ1) is 32.6. The molecular weight excluding hydrogens is 636 g/mol. The Morgan fingerprint density at radius 2 is 1.91 bits per heavy atom. The molecule has 2 heterocycles. The van der Waals surface area contributed by atoms with Gasteiger partial charge in [0.05, 0.1) is 24.9 Å². The molecule has 0 bridgehead atoms. The van der Waals surface area contributed by atoms with Gasteiger partial charge in [-0.15, -0.1) is 0 Å². The molecule has 0 aliphatic carbocycles. The van der Waals surface area contributed by atoms with E-state index < -0.39 is 17.4 Å². The lowest BCUT2D eigenvalue weighted by Crippen LogP contribution is -2.44. The molecule has 1 fully saturated rings. The van der Waals surface area contributed by atoms with Crippen LogP contribution < -0.4 is 15.5 Å². The monoisotopic (exact) mass is 674 g/mol. The molecule has 1 saturated heterocycles. The first-order valence-electron chi connectivity index (χ1n) is 15.3. The molecule has 2 aliphatic heterocycles. The Bertz CT molecular complexity index is 1560. The number of aliphatic hydroxyl groups is 2. The molecule has 4 N–H and O–H groups in total. The molecule has 0 aromatic heterocycles. The molecule has 5 rings (SSSR count). The fourth-order valence-electron chi connectivity index (χ4n) is 6.00. The molecule has 236 valence electrons. The Morgan fingerprint density at radius 1 is 1.13 bits per heavy atom. The topological polar surface area (TPSA) is 122 Å². The number of benzene rings is 3. The minimum Gasteiger partial charge on any atom is -0.395 e. The van der Waals surface area contributed by atoms with E-state index in [1.165, 1.54) is 0 Å². The zero-order valence-electron chi connectivity index (χ0n) is 25.3. The van der Waals surface area contributed by atoms with Crippen molar-refractivity contribution in [3.8, 4) is 0 Å². The SMILES string of the molecule is C[C@@H](/C=C/CC(=O)N(CCO)Cc1ccccc1)[C@]1(O)C(=O)N(Cc2cccc(NC(=O)[C@H]3CCCN3)c2)c2ccc(Br)cc21. The van der Waals surface area contributed by atoms with Crippen molar-refractivity contribution in [2.45, 2.75) is 50.9 Å². The van der Waals surface area contributed by atoms with E-state index in [-0.39, 0.29) is 44.0 Å². The molecule has 0 radical (unpaired) electrons. The highest BCUT2D eigenvalue weighted by atomic mass is 79.9. The molecule has 0 unspecified atom stereocenters. The summed E-state index contributed by atoms with van der Waals surface area (Å²) in [6, 6.07) is 22.1. The predicted molar refractivity (Wildman–Crippen MR) is 177 cm³/mol. The van der Waals surface area contributed by atoms with Crippen LogP contribution >= 0.6 is 15.9 Å². The van der Waals surface area contributed by atoms with Crippen LogP contribution in [0, 0.1) is 5.92 Å². The number of hydrogen-bond acceptors (Lipinski definition) is 6. The van der Waals surface area contributed by atoms with Crippen LogP contribution in [0.3, 0.4) is 0 Å². The van der Waals surface area contributed by atoms with Crippen molar-refractivity contribution in [3.05, 3.63) is 106 Å². The van der Waals surface area contributed by atoms with E-state index >= 15 is 0 Å². The van der Waals surface area contributed by atoms with E-state index in [0.717, 1.165) is 35.0 Å². The van der Waals surface area contributed by atoms with Gasteiger partial charge >= 0.3 is 0 Å². The quantitative estimate of drug-likeness (QED) is 0.210. The number of halogens is 1. The van der Waals surface area contributed by atoms with Gasteiger partial charge in [-0.3, -0.25) is 14.4 Å². The summed E-state index contributed by atoms with van der Waals surface area (Å²) in [4.78, 5) is 42.9. The van der Waals surface area contributed by atoms with Gasteiger partial charge in [0.15, 0.2) is 5.60 Å². The number of aliphatic hydroxyl groups excluding tert-OH is 1. The van der Waals surface area contributed by atoms with Crippen LogP contribution in [-0.4, -0.2) is 58.6 Å². The van der Waals surface area contributed by atoms with Gasteiger partial charge in [0.2, 0.25) is 11.8 Å². The standard InChI is InChI=1S/C35H39BrN4O5/c1-24(8-5-14-32(42)39(18-19-41)22-25-9-3-2-4-10-25)35(45)29-21-27(36)15-16-31(29)40(34(35)44)23-26-11-6-12-28(20-26)38-33(43)30-13-7-17-37-30/h2-6,8-12,15-16,20-21,24,30,37,41,45H,7,13-14,17-19,22-23H2,1H3,(H,38,43)/b8-5+/t24-,30+,35+/m0/s1. The van der Waals surface area contributed by atoms with Crippen LogP contribution in [0.2, 0.25) is 0 Å². The minimum absolute atomic E-state index is 0.0609. The fraction of sp³-hybridized carbons (Fsp3) is 0.343. The highest BCUT2D eigenvalue weighted by Crippen LogP contribution is 2.46. The normalized spacial score (nSPS) is 20.0. The van der Waals surface area contributed by atoms with Gasteiger partial charge in [-0.05, 0) is 60.8 Å². The number of carbonyl (C=O) groups is 3. The van der Waals surface area contributed by atoms with Gasteiger partial charge in [-0.1, -0.05) is 77.5 Å². The van der Waals surface area contributed by atoms with Crippen molar-refractivity contribution < 1.29 is 24.6 Å². The second kappa shape index (κ2) is 14.5. The van der Waals surface area contributed by atoms with E-state index in [2.05, 4.69) is 26.6 Å². The Balaban J connectivity index is 1.31. The van der Waals surface area contributed by atoms with E-state index in [1.807, 2.05) is 66.7 Å². The lowest BCUT2D eigenvalue weighted by Gasteiger charge is -2.28. The molecule has 45 heavy (non-hydrogen) atoms. The highest BCUT2D eigenvalue weighted by Gasteiger charge is 2.52. The second-order valence-corrected chi connectivity index (χ2v) is 12.5. The van der Waals surface area contributed by atoms with Crippen molar-refractivity contribution in [2.24, 2.45) is 5.92 Å². The lowest BCUT2D eigenvalue weighted by atomic mass is 9.83. The first-order valence-corrected chi connectivity index (χ1v) is 16.1.